The van der Waals surface area contributed by atoms with Gasteiger partial charge in [-0.05, 0) is 23.3 Å². The highest BCUT2D eigenvalue weighted by Gasteiger charge is 2.40. The van der Waals surface area contributed by atoms with E-state index in [9.17, 15) is 9.59 Å². The van der Waals surface area contributed by atoms with Crippen LogP contribution >= 0.6 is 0 Å². The summed E-state index contributed by atoms with van der Waals surface area (Å²) in [4.78, 5) is 27.5. The minimum Gasteiger partial charge on any atom is -0.459 e. The largest absolute Gasteiger partial charge is 0.459 e. The fourth-order valence-corrected chi connectivity index (χ4v) is 3.68. The van der Waals surface area contributed by atoms with Crippen molar-refractivity contribution in [1.29, 1.82) is 0 Å². The topological polar surface area (TPSA) is 87.3 Å². The predicted molar refractivity (Wildman–Crippen MR) is 106 cm³/mol. The Balaban J connectivity index is 1.45. The Morgan fingerprint density at radius 1 is 1.21 bits per heavy atom. The zero-order valence-corrected chi connectivity index (χ0v) is 16.0. The quantitative estimate of drug-likeness (QED) is 0.738. The van der Waals surface area contributed by atoms with Crippen molar-refractivity contribution < 1.29 is 14.0 Å². The van der Waals surface area contributed by atoms with Gasteiger partial charge in [0.2, 0.25) is 5.91 Å². The van der Waals surface area contributed by atoms with E-state index in [1.165, 1.54) is 6.26 Å². The predicted octanol–water partition coefficient (Wildman–Crippen LogP) is 2.93. The molecule has 2 amide bonds. The minimum absolute atomic E-state index is 0.188. The van der Waals surface area contributed by atoms with Crippen LogP contribution in [0.1, 0.15) is 40.9 Å². The number of carbonyl (C=O) groups is 2. The Kier molecular flexibility index (Phi) is 5.17. The molecule has 2 aromatic rings. The molecule has 2 aliphatic rings. The van der Waals surface area contributed by atoms with Gasteiger partial charge in [-0.25, -0.2) is 0 Å². The Bertz CT molecular complexity index is 968. The first kappa shape index (κ1) is 18.9. The third-order valence-electron chi connectivity index (χ3n) is 5.42. The molecule has 7 heteroatoms. The maximum Gasteiger partial charge on any atom is 0.290 e. The summed E-state index contributed by atoms with van der Waals surface area (Å²) in [5, 5.41) is 11.1. The van der Waals surface area contributed by atoms with Crippen LogP contribution in [-0.4, -0.2) is 35.0 Å². The standard InChI is InChI=1S/C22H22N4O3/c1-2-3-10-22(24-25-22)11-12-23-20(27)18-14-16-7-4-5-8-17(16)15-26(18)21(28)19-9-6-13-29-19/h1,4-9,13,18H,3,10-12,14-15H2,(H,23,27). The van der Waals surface area contributed by atoms with Crippen LogP contribution in [0.15, 0.2) is 57.3 Å². The number of benzene rings is 1. The van der Waals surface area contributed by atoms with Gasteiger partial charge in [-0.2, -0.15) is 10.2 Å². The molecular formula is C22H22N4O3. The average Bonchev–Trinajstić information content (AvgIpc) is 3.29. The van der Waals surface area contributed by atoms with Crippen molar-refractivity contribution in [3.8, 4) is 12.3 Å². The molecule has 0 radical (unpaired) electrons. The second-order valence-electron chi connectivity index (χ2n) is 7.33. The molecule has 1 aromatic heterocycles. The summed E-state index contributed by atoms with van der Waals surface area (Å²) < 4.78 is 5.27. The van der Waals surface area contributed by atoms with Crippen LogP contribution in [0, 0.1) is 12.3 Å². The summed E-state index contributed by atoms with van der Waals surface area (Å²) in [7, 11) is 0. The van der Waals surface area contributed by atoms with E-state index in [0.29, 0.717) is 38.8 Å². The Hall–Kier alpha value is -3.40. The van der Waals surface area contributed by atoms with E-state index in [4.69, 9.17) is 10.8 Å². The highest BCUT2D eigenvalue weighted by Crippen LogP contribution is 2.36. The molecule has 0 bridgehead atoms. The summed E-state index contributed by atoms with van der Waals surface area (Å²) >= 11 is 0. The highest BCUT2D eigenvalue weighted by atomic mass is 16.3. The van der Waals surface area contributed by atoms with Crippen molar-refractivity contribution in [2.75, 3.05) is 6.54 Å². The zero-order chi connectivity index (χ0) is 20.3. The molecule has 1 N–H and O–H groups in total. The maximum atomic E-state index is 13.0. The molecule has 0 saturated heterocycles. The summed E-state index contributed by atoms with van der Waals surface area (Å²) in [6.45, 7) is 0.794. The van der Waals surface area contributed by atoms with Crippen molar-refractivity contribution in [3.05, 3.63) is 59.5 Å². The molecule has 3 heterocycles. The van der Waals surface area contributed by atoms with E-state index in [1.807, 2.05) is 24.3 Å². The highest BCUT2D eigenvalue weighted by molar-refractivity contribution is 5.96. The van der Waals surface area contributed by atoms with Crippen LogP contribution in [0.25, 0.3) is 0 Å². The zero-order valence-electron chi connectivity index (χ0n) is 16.0. The van der Waals surface area contributed by atoms with Crippen molar-refractivity contribution in [2.24, 2.45) is 10.2 Å². The lowest BCUT2D eigenvalue weighted by molar-refractivity contribution is -0.126. The third kappa shape index (κ3) is 4.06. The molecule has 7 nitrogen and oxygen atoms in total. The lowest BCUT2D eigenvalue weighted by Gasteiger charge is -2.35. The van der Waals surface area contributed by atoms with Crippen LogP contribution in [-0.2, 0) is 17.8 Å². The van der Waals surface area contributed by atoms with Crippen molar-refractivity contribution >= 4 is 11.8 Å². The lowest BCUT2D eigenvalue weighted by Crippen LogP contribution is -2.52. The summed E-state index contributed by atoms with van der Waals surface area (Å²) in [5.41, 5.74) is 1.68. The van der Waals surface area contributed by atoms with Crippen molar-refractivity contribution in [1.82, 2.24) is 10.2 Å². The van der Waals surface area contributed by atoms with E-state index < -0.39 is 11.7 Å². The SMILES string of the molecule is C#CCCC1(CCNC(=O)C2Cc3ccccc3CN2C(=O)c2ccco2)N=N1. The number of rotatable bonds is 7. The fourth-order valence-electron chi connectivity index (χ4n) is 3.68. The third-order valence-corrected chi connectivity index (χ3v) is 5.42. The normalized spacial score (nSPS) is 18.6. The second-order valence-corrected chi connectivity index (χ2v) is 7.33. The molecule has 2 aliphatic heterocycles. The Morgan fingerprint density at radius 2 is 2.00 bits per heavy atom. The number of terminal acetylenes is 1. The molecule has 29 heavy (non-hydrogen) atoms. The first-order valence-electron chi connectivity index (χ1n) is 9.68. The van der Waals surface area contributed by atoms with Gasteiger partial charge in [-0.3, -0.25) is 9.59 Å². The molecule has 4 rings (SSSR count). The van der Waals surface area contributed by atoms with E-state index in [0.717, 1.165) is 11.1 Å². The molecule has 1 unspecified atom stereocenters. The van der Waals surface area contributed by atoms with Crippen LogP contribution < -0.4 is 5.32 Å². The monoisotopic (exact) mass is 390 g/mol. The van der Waals surface area contributed by atoms with Crippen molar-refractivity contribution in [2.45, 2.75) is 43.9 Å². The number of amides is 2. The van der Waals surface area contributed by atoms with E-state index in [-0.39, 0.29) is 17.6 Å². The van der Waals surface area contributed by atoms with Crippen molar-refractivity contribution in [3.63, 3.8) is 0 Å². The van der Waals surface area contributed by atoms with Crippen LogP contribution in [0.3, 0.4) is 0 Å². The van der Waals surface area contributed by atoms with Gasteiger partial charge >= 0.3 is 0 Å². The number of furan rings is 1. The average molecular weight is 390 g/mol. The Morgan fingerprint density at radius 3 is 2.69 bits per heavy atom. The lowest BCUT2D eigenvalue weighted by atomic mass is 9.93. The van der Waals surface area contributed by atoms with Gasteiger partial charge in [0.25, 0.3) is 5.91 Å². The van der Waals surface area contributed by atoms with Crippen LogP contribution in [0.5, 0.6) is 0 Å². The van der Waals surface area contributed by atoms with E-state index in [2.05, 4.69) is 21.5 Å². The first-order valence-corrected chi connectivity index (χ1v) is 9.68. The minimum atomic E-state index is -0.600. The maximum absolute atomic E-state index is 13.0. The van der Waals surface area contributed by atoms with Gasteiger partial charge in [0.1, 0.15) is 6.04 Å². The molecule has 0 spiro atoms. The summed E-state index contributed by atoms with van der Waals surface area (Å²) in [6.07, 6.45) is 9.14. The first-order chi connectivity index (χ1) is 14.1. The number of carbonyl (C=O) groups excluding carboxylic acids is 2. The van der Waals surface area contributed by atoms with Gasteiger partial charge in [-0.15, -0.1) is 12.3 Å². The number of nitrogens with one attached hydrogen (secondary N) is 1. The summed E-state index contributed by atoms with van der Waals surface area (Å²) in [5.74, 6) is 2.35. The van der Waals surface area contributed by atoms with Gasteiger partial charge in [0, 0.05) is 38.8 Å². The number of hydrogen-bond acceptors (Lipinski definition) is 5. The van der Waals surface area contributed by atoms with Gasteiger partial charge in [-0.1, -0.05) is 24.3 Å². The molecule has 0 fully saturated rings. The fraction of sp³-hybridized carbons (Fsp3) is 0.364. The number of fused-ring (bicyclic) bond motifs is 1. The van der Waals surface area contributed by atoms with E-state index in [1.54, 1.807) is 17.0 Å². The van der Waals surface area contributed by atoms with Gasteiger partial charge < -0.3 is 14.6 Å². The molecule has 1 atom stereocenters. The number of hydrogen-bond donors (Lipinski definition) is 1. The van der Waals surface area contributed by atoms with E-state index >= 15 is 0 Å². The molecule has 1 aromatic carbocycles. The van der Waals surface area contributed by atoms with Crippen LogP contribution in [0.4, 0.5) is 0 Å². The van der Waals surface area contributed by atoms with Crippen LogP contribution in [0.2, 0.25) is 0 Å². The second kappa shape index (κ2) is 7.92. The van der Waals surface area contributed by atoms with Gasteiger partial charge in [0.05, 0.1) is 6.26 Å². The van der Waals surface area contributed by atoms with Gasteiger partial charge in [0.15, 0.2) is 11.4 Å². The molecule has 0 aliphatic carbocycles. The molecule has 0 saturated carbocycles. The summed E-state index contributed by atoms with van der Waals surface area (Å²) in [6, 6.07) is 10.5. The number of nitrogens with zero attached hydrogens (tertiary/aromatic N) is 3. The molecular weight excluding hydrogens is 368 g/mol. The molecule has 148 valence electrons. The smallest absolute Gasteiger partial charge is 0.290 e. The Labute approximate surface area is 169 Å².